The Morgan fingerprint density at radius 2 is 2.05 bits per heavy atom. The van der Waals surface area contributed by atoms with E-state index in [-0.39, 0.29) is 17.7 Å². The van der Waals surface area contributed by atoms with Crippen LogP contribution in [0.5, 0.6) is 0 Å². The first-order valence-electron chi connectivity index (χ1n) is 8.01. The van der Waals surface area contributed by atoms with Crippen molar-refractivity contribution < 1.29 is 9.59 Å². The van der Waals surface area contributed by atoms with Gasteiger partial charge < -0.3 is 15.5 Å². The van der Waals surface area contributed by atoms with Crippen LogP contribution in [0.3, 0.4) is 0 Å². The molecule has 1 unspecified atom stereocenters. The lowest BCUT2D eigenvalue weighted by Crippen LogP contribution is -2.54. The number of hydrogen-bond donors (Lipinski definition) is 2. The average molecular weight is 323 g/mol. The zero-order valence-electron chi connectivity index (χ0n) is 13.3. The van der Waals surface area contributed by atoms with E-state index in [0.29, 0.717) is 18.0 Å². The Hall–Kier alpha value is -1.40. The number of likely N-dealkylation sites (N-methyl/N-ethyl adjacent to an activating group) is 1. The molecule has 122 valence electrons. The number of carbonyl (C=O) groups is 2. The fourth-order valence-electron chi connectivity index (χ4n) is 2.91. The third-order valence-corrected chi connectivity index (χ3v) is 5.10. The number of nitrogens with one attached hydrogen (secondary N) is 2. The van der Waals surface area contributed by atoms with Gasteiger partial charge in [0.2, 0.25) is 5.91 Å². The number of rotatable bonds is 6. The maximum atomic E-state index is 12.8. The van der Waals surface area contributed by atoms with Crippen LogP contribution in [0, 0.1) is 5.92 Å². The molecule has 1 aromatic heterocycles. The minimum absolute atomic E-state index is 0.0433. The zero-order valence-corrected chi connectivity index (χ0v) is 14.1. The zero-order chi connectivity index (χ0) is 15.9. The van der Waals surface area contributed by atoms with Crippen molar-refractivity contribution in [3.63, 3.8) is 0 Å². The van der Waals surface area contributed by atoms with Gasteiger partial charge in [-0.2, -0.15) is 0 Å². The molecule has 2 N–H and O–H groups in total. The molecule has 2 amide bonds. The maximum absolute atomic E-state index is 12.8. The molecule has 1 aliphatic rings. The van der Waals surface area contributed by atoms with Crippen LogP contribution in [0.1, 0.15) is 36.4 Å². The van der Waals surface area contributed by atoms with Crippen LogP contribution in [-0.4, -0.2) is 48.9 Å². The molecule has 1 fully saturated rings. The lowest BCUT2D eigenvalue weighted by Gasteiger charge is -2.33. The molecule has 0 aromatic carbocycles. The highest BCUT2D eigenvalue weighted by Crippen LogP contribution is 2.19. The Bertz CT molecular complexity index is 480. The number of thiophene rings is 1. The van der Waals surface area contributed by atoms with Crippen molar-refractivity contribution in [2.75, 3.05) is 26.2 Å². The van der Waals surface area contributed by atoms with Crippen LogP contribution in [-0.2, 0) is 4.79 Å². The van der Waals surface area contributed by atoms with Crippen LogP contribution in [0.4, 0.5) is 0 Å². The Kier molecular flexibility index (Phi) is 6.39. The summed E-state index contributed by atoms with van der Waals surface area (Å²) in [5.74, 6) is 0.110. The third-order valence-electron chi connectivity index (χ3n) is 4.23. The van der Waals surface area contributed by atoms with Gasteiger partial charge in [-0.05, 0) is 57.1 Å². The predicted molar refractivity (Wildman–Crippen MR) is 89.1 cm³/mol. The monoisotopic (exact) mass is 323 g/mol. The summed E-state index contributed by atoms with van der Waals surface area (Å²) in [6.07, 6.45) is 1.84. The SMILES string of the molecule is CCN(CC)C(=O)C(NC(=O)c1cccs1)C1CCNCC1. The molecule has 1 atom stereocenters. The number of piperidine rings is 1. The first kappa shape index (κ1) is 17.0. The van der Waals surface area contributed by atoms with E-state index in [9.17, 15) is 9.59 Å². The van der Waals surface area contributed by atoms with E-state index in [0.717, 1.165) is 25.9 Å². The van der Waals surface area contributed by atoms with E-state index in [2.05, 4.69) is 10.6 Å². The van der Waals surface area contributed by atoms with E-state index < -0.39 is 6.04 Å². The first-order chi connectivity index (χ1) is 10.7. The second-order valence-electron chi connectivity index (χ2n) is 5.53. The second-order valence-corrected chi connectivity index (χ2v) is 6.47. The van der Waals surface area contributed by atoms with E-state index >= 15 is 0 Å². The average Bonchev–Trinajstić information content (AvgIpc) is 3.09. The van der Waals surface area contributed by atoms with Gasteiger partial charge in [-0.25, -0.2) is 0 Å². The number of amides is 2. The van der Waals surface area contributed by atoms with Crippen molar-refractivity contribution in [2.45, 2.75) is 32.7 Å². The molecule has 0 aliphatic carbocycles. The van der Waals surface area contributed by atoms with Crippen molar-refractivity contribution in [3.8, 4) is 0 Å². The predicted octanol–water partition coefficient (Wildman–Crippen LogP) is 1.71. The van der Waals surface area contributed by atoms with Gasteiger partial charge in [0.05, 0.1) is 4.88 Å². The number of carbonyl (C=O) groups excluding carboxylic acids is 2. The van der Waals surface area contributed by atoms with Crippen LogP contribution in [0.25, 0.3) is 0 Å². The highest BCUT2D eigenvalue weighted by atomic mass is 32.1. The minimum Gasteiger partial charge on any atom is -0.341 e. The molecule has 6 heteroatoms. The van der Waals surface area contributed by atoms with Crippen molar-refractivity contribution in [3.05, 3.63) is 22.4 Å². The molecular formula is C16H25N3O2S. The van der Waals surface area contributed by atoms with Crippen molar-refractivity contribution in [2.24, 2.45) is 5.92 Å². The highest BCUT2D eigenvalue weighted by molar-refractivity contribution is 7.12. The van der Waals surface area contributed by atoms with Gasteiger partial charge >= 0.3 is 0 Å². The molecule has 1 aliphatic heterocycles. The van der Waals surface area contributed by atoms with Gasteiger partial charge in [0, 0.05) is 13.1 Å². The molecule has 22 heavy (non-hydrogen) atoms. The van der Waals surface area contributed by atoms with E-state index in [1.54, 1.807) is 11.0 Å². The normalized spacial score (nSPS) is 17.0. The summed E-state index contributed by atoms with van der Waals surface area (Å²) in [5, 5.41) is 8.18. The Morgan fingerprint density at radius 1 is 1.36 bits per heavy atom. The molecule has 0 radical (unpaired) electrons. The van der Waals surface area contributed by atoms with Gasteiger partial charge in [-0.15, -0.1) is 11.3 Å². The summed E-state index contributed by atoms with van der Waals surface area (Å²) < 4.78 is 0. The molecular weight excluding hydrogens is 298 g/mol. The minimum atomic E-state index is -0.420. The summed E-state index contributed by atoms with van der Waals surface area (Å²) in [5.41, 5.74) is 0. The van der Waals surface area contributed by atoms with Gasteiger partial charge in [-0.1, -0.05) is 6.07 Å². The number of nitrogens with zero attached hydrogens (tertiary/aromatic N) is 1. The van der Waals surface area contributed by atoms with Gasteiger partial charge in [-0.3, -0.25) is 9.59 Å². The van der Waals surface area contributed by atoms with E-state index in [4.69, 9.17) is 0 Å². The van der Waals surface area contributed by atoms with Crippen LogP contribution < -0.4 is 10.6 Å². The summed E-state index contributed by atoms with van der Waals surface area (Å²) in [6, 6.07) is 3.23. The van der Waals surface area contributed by atoms with Gasteiger partial charge in [0.15, 0.2) is 0 Å². The molecule has 0 bridgehead atoms. The second kappa shape index (κ2) is 8.29. The standard InChI is InChI=1S/C16H25N3O2S/c1-3-19(4-2)16(21)14(12-7-9-17-10-8-12)18-15(20)13-6-5-11-22-13/h5-6,11-12,14,17H,3-4,7-10H2,1-2H3,(H,18,20). The van der Waals surface area contributed by atoms with Crippen LogP contribution >= 0.6 is 11.3 Å². The largest absolute Gasteiger partial charge is 0.341 e. The first-order valence-corrected chi connectivity index (χ1v) is 8.89. The van der Waals surface area contributed by atoms with Crippen molar-refractivity contribution >= 4 is 23.2 Å². The lowest BCUT2D eigenvalue weighted by molar-refractivity contribution is -0.134. The molecule has 0 spiro atoms. The van der Waals surface area contributed by atoms with Gasteiger partial charge in [0.1, 0.15) is 6.04 Å². The van der Waals surface area contributed by atoms with Crippen LogP contribution in [0.15, 0.2) is 17.5 Å². The van der Waals surface area contributed by atoms with Crippen molar-refractivity contribution in [1.82, 2.24) is 15.5 Å². The topological polar surface area (TPSA) is 61.4 Å². The molecule has 1 aromatic rings. The molecule has 5 nitrogen and oxygen atoms in total. The lowest BCUT2D eigenvalue weighted by atomic mass is 9.89. The fraction of sp³-hybridized carbons (Fsp3) is 0.625. The third kappa shape index (κ3) is 4.08. The fourth-order valence-corrected chi connectivity index (χ4v) is 3.54. The molecule has 2 rings (SSSR count). The Labute approximate surface area is 136 Å². The van der Waals surface area contributed by atoms with Crippen molar-refractivity contribution in [1.29, 1.82) is 0 Å². The maximum Gasteiger partial charge on any atom is 0.262 e. The summed E-state index contributed by atoms with van der Waals surface area (Å²) >= 11 is 1.40. The molecule has 1 saturated heterocycles. The summed E-state index contributed by atoms with van der Waals surface area (Å²) in [4.78, 5) is 27.6. The van der Waals surface area contributed by atoms with E-state index in [1.807, 2.05) is 25.3 Å². The quantitative estimate of drug-likeness (QED) is 0.838. The Morgan fingerprint density at radius 3 is 2.59 bits per heavy atom. The van der Waals surface area contributed by atoms with E-state index in [1.165, 1.54) is 11.3 Å². The molecule has 2 heterocycles. The van der Waals surface area contributed by atoms with Gasteiger partial charge in [0.25, 0.3) is 5.91 Å². The molecule has 0 saturated carbocycles. The Balaban J connectivity index is 2.13. The summed E-state index contributed by atoms with van der Waals surface area (Å²) in [6.45, 7) is 7.10. The van der Waals surface area contributed by atoms with Crippen LogP contribution in [0.2, 0.25) is 0 Å². The smallest absolute Gasteiger partial charge is 0.262 e. The summed E-state index contributed by atoms with van der Waals surface area (Å²) in [7, 11) is 0. The number of hydrogen-bond acceptors (Lipinski definition) is 4. The highest BCUT2D eigenvalue weighted by Gasteiger charge is 2.33.